The van der Waals surface area contributed by atoms with E-state index in [1.807, 2.05) is 0 Å². The van der Waals surface area contributed by atoms with Crippen molar-refractivity contribution in [2.45, 2.75) is 19.5 Å². The number of halogens is 4. The van der Waals surface area contributed by atoms with Crippen LogP contribution in [0.25, 0.3) is 21.9 Å². The Morgan fingerprint density at radius 3 is 2.66 bits per heavy atom. The Bertz CT molecular complexity index is 1220. The van der Waals surface area contributed by atoms with Crippen molar-refractivity contribution in [3.8, 4) is 0 Å². The van der Waals surface area contributed by atoms with Crippen molar-refractivity contribution in [1.29, 1.82) is 0 Å². The third-order valence-electron chi connectivity index (χ3n) is 4.77. The fourth-order valence-corrected chi connectivity index (χ4v) is 3.40. The number of rotatable bonds is 4. The van der Waals surface area contributed by atoms with Crippen molar-refractivity contribution in [3.05, 3.63) is 58.5 Å². The molecular formula is C19H15F4N5O. The van der Waals surface area contributed by atoms with E-state index in [1.54, 1.807) is 25.1 Å². The molecule has 0 unspecified atom stereocenters. The van der Waals surface area contributed by atoms with Gasteiger partial charge in [0.1, 0.15) is 16.9 Å². The predicted octanol–water partition coefficient (Wildman–Crippen LogP) is 3.88. The monoisotopic (exact) mass is 405 g/mol. The molecule has 0 saturated carbocycles. The number of hydrogen-bond donors (Lipinski definition) is 3. The van der Waals surface area contributed by atoms with Crippen LogP contribution in [0, 0.1) is 12.7 Å². The summed E-state index contributed by atoms with van der Waals surface area (Å²) >= 11 is 0. The van der Waals surface area contributed by atoms with Gasteiger partial charge in [0.05, 0.1) is 11.1 Å². The topological polar surface area (TPSA) is 86.5 Å². The average molecular weight is 405 g/mol. The summed E-state index contributed by atoms with van der Waals surface area (Å²) in [5, 5.41) is 12.7. The second-order valence-electron chi connectivity index (χ2n) is 6.60. The first kappa shape index (κ1) is 18.9. The second kappa shape index (κ2) is 6.87. The van der Waals surface area contributed by atoms with Crippen LogP contribution in [-0.2, 0) is 12.6 Å². The Kier molecular flexibility index (Phi) is 4.48. The third kappa shape index (κ3) is 3.41. The number of aryl methyl sites for hydroxylation is 1. The summed E-state index contributed by atoms with van der Waals surface area (Å²) in [7, 11) is 0. The number of hydrogen-bond acceptors (Lipinski definition) is 3. The molecule has 2 aromatic heterocycles. The molecule has 0 saturated heterocycles. The Labute approximate surface area is 161 Å². The standard InChI is InChI=1S/C19H15F4N5O/c1-9-11(16-12(19(21,22)23)3-4-13(20)17(16)25-9)6-7-24-18(29)10-2-5-14-15(8-10)27-28-26-14/h2-5,8,25H,6-7H2,1H3,(H,24,29)(H,26,27,28). The number of carbonyl (C=O) groups excluding carboxylic acids is 1. The minimum absolute atomic E-state index is 0.0806. The summed E-state index contributed by atoms with van der Waals surface area (Å²) in [4.78, 5) is 15.0. The van der Waals surface area contributed by atoms with Crippen LogP contribution in [-0.4, -0.2) is 32.8 Å². The fourth-order valence-electron chi connectivity index (χ4n) is 3.40. The molecule has 0 radical (unpaired) electrons. The molecule has 4 aromatic rings. The van der Waals surface area contributed by atoms with Crippen LogP contribution in [0.2, 0.25) is 0 Å². The highest BCUT2D eigenvalue weighted by atomic mass is 19.4. The highest BCUT2D eigenvalue weighted by Crippen LogP contribution is 2.38. The minimum atomic E-state index is -4.62. The van der Waals surface area contributed by atoms with Gasteiger partial charge in [-0.3, -0.25) is 4.79 Å². The molecule has 0 spiro atoms. The third-order valence-corrected chi connectivity index (χ3v) is 4.77. The van der Waals surface area contributed by atoms with Crippen LogP contribution in [0.4, 0.5) is 17.6 Å². The van der Waals surface area contributed by atoms with E-state index in [-0.39, 0.29) is 23.9 Å². The van der Waals surface area contributed by atoms with Gasteiger partial charge in [0.2, 0.25) is 0 Å². The molecule has 1 amide bonds. The predicted molar refractivity (Wildman–Crippen MR) is 97.9 cm³/mol. The Morgan fingerprint density at radius 2 is 1.90 bits per heavy atom. The smallest absolute Gasteiger partial charge is 0.356 e. The van der Waals surface area contributed by atoms with Crippen LogP contribution in [0.5, 0.6) is 0 Å². The molecule has 0 aliphatic carbocycles. The quantitative estimate of drug-likeness (QED) is 0.451. The summed E-state index contributed by atoms with van der Waals surface area (Å²) in [5.74, 6) is -1.15. The highest BCUT2D eigenvalue weighted by Gasteiger charge is 2.34. The van der Waals surface area contributed by atoms with E-state index in [1.165, 1.54) is 0 Å². The van der Waals surface area contributed by atoms with Crippen LogP contribution >= 0.6 is 0 Å². The van der Waals surface area contributed by atoms with Crippen molar-refractivity contribution in [1.82, 2.24) is 25.7 Å². The number of benzene rings is 2. The molecule has 0 aliphatic rings. The number of carbonyl (C=O) groups is 1. The van der Waals surface area contributed by atoms with Crippen molar-refractivity contribution < 1.29 is 22.4 Å². The summed E-state index contributed by atoms with van der Waals surface area (Å²) < 4.78 is 54.2. The van der Waals surface area contributed by atoms with Gasteiger partial charge in [0.25, 0.3) is 5.91 Å². The first-order valence-corrected chi connectivity index (χ1v) is 8.71. The van der Waals surface area contributed by atoms with Crippen LogP contribution in [0.3, 0.4) is 0 Å². The maximum atomic E-state index is 14.0. The highest BCUT2D eigenvalue weighted by molar-refractivity contribution is 5.97. The zero-order chi connectivity index (χ0) is 20.8. The molecule has 2 aromatic carbocycles. The lowest BCUT2D eigenvalue weighted by molar-refractivity contribution is -0.136. The van der Waals surface area contributed by atoms with E-state index in [0.29, 0.717) is 27.9 Å². The SMILES string of the molecule is Cc1[nH]c2c(F)ccc(C(F)(F)F)c2c1CCNC(=O)c1ccc2n[nH]nc2c1. The molecular weight excluding hydrogens is 390 g/mol. The molecule has 4 rings (SSSR count). The van der Waals surface area contributed by atoms with Gasteiger partial charge < -0.3 is 10.3 Å². The molecule has 0 atom stereocenters. The minimum Gasteiger partial charge on any atom is -0.356 e. The van der Waals surface area contributed by atoms with Crippen LogP contribution < -0.4 is 5.32 Å². The average Bonchev–Trinajstić information content (AvgIpc) is 3.25. The summed E-state index contributed by atoms with van der Waals surface area (Å²) in [6.45, 7) is 1.66. The molecule has 29 heavy (non-hydrogen) atoms. The Hall–Kier alpha value is -3.43. The molecule has 0 fully saturated rings. The molecule has 2 heterocycles. The molecule has 10 heteroatoms. The zero-order valence-electron chi connectivity index (χ0n) is 15.1. The van der Waals surface area contributed by atoms with Gasteiger partial charge in [-0.25, -0.2) is 4.39 Å². The summed E-state index contributed by atoms with van der Waals surface area (Å²) in [5.41, 5.74) is 1.14. The first-order chi connectivity index (χ1) is 13.8. The van der Waals surface area contributed by atoms with E-state index < -0.39 is 23.5 Å². The number of H-pyrrole nitrogens is 2. The lowest BCUT2D eigenvalue weighted by Gasteiger charge is -2.11. The number of nitrogens with zero attached hydrogens (tertiary/aromatic N) is 2. The van der Waals surface area contributed by atoms with Gasteiger partial charge in [0, 0.05) is 23.2 Å². The first-order valence-electron chi connectivity index (χ1n) is 8.71. The Morgan fingerprint density at radius 1 is 1.14 bits per heavy atom. The van der Waals surface area contributed by atoms with Crippen molar-refractivity contribution in [2.75, 3.05) is 6.54 Å². The molecule has 0 bridgehead atoms. The van der Waals surface area contributed by atoms with E-state index in [4.69, 9.17) is 0 Å². The number of alkyl halides is 3. The van der Waals surface area contributed by atoms with Gasteiger partial charge >= 0.3 is 6.18 Å². The maximum Gasteiger partial charge on any atom is 0.417 e. The van der Waals surface area contributed by atoms with Crippen LogP contribution in [0.1, 0.15) is 27.2 Å². The summed E-state index contributed by atoms with van der Waals surface area (Å²) in [6, 6.07) is 6.30. The van der Waals surface area contributed by atoms with Gasteiger partial charge in [-0.15, -0.1) is 0 Å². The van der Waals surface area contributed by atoms with Crippen LogP contribution in [0.15, 0.2) is 30.3 Å². The molecule has 150 valence electrons. The van der Waals surface area contributed by atoms with E-state index >= 15 is 0 Å². The lowest BCUT2D eigenvalue weighted by Crippen LogP contribution is -2.25. The van der Waals surface area contributed by atoms with E-state index in [9.17, 15) is 22.4 Å². The molecule has 0 aliphatic heterocycles. The van der Waals surface area contributed by atoms with Crippen molar-refractivity contribution in [2.24, 2.45) is 0 Å². The lowest BCUT2D eigenvalue weighted by atomic mass is 10.0. The Balaban J connectivity index is 1.57. The maximum absolute atomic E-state index is 14.0. The number of aromatic amines is 2. The number of fused-ring (bicyclic) bond motifs is 2. The van der Waals surface area contributed by atoms with Gasteiger partial charge in [-0.1, -0.05) is 0 Å². The van der Waals surface area contributed by atoms with Gasteiger partial charge in [0.15, 0.2) is 0 Å². The molecule has 6 nitrogen and oxygen atoms in total. The van der Waals surface area contributed by atoms with Crippen molar-refractivity contribution in [3.63, 3.8) is 0 Å². The van der Waals surface area contributed by atoms with Gasteiger partial charge in [-0.2, -0.15) is 28.6 Å². The number of amides is 1. The number of nitrogens with one attached hydrogen (secondary N) is 3. The largest absolute Gasteiger partial charge is 0.417 e. The van der Waals surface area contributed by atoms with Crippen molar-refractivity contribution >= 4 is 27.8 Å². The normalized spacial score (nSPS) is 12.0. The zero-order valence-corrected chi connectivity index (χ0v) is 15.1. The number of aromatic nitrogens is 4. The van der Waals surface area contributed by atoms with E-state index in [2.05, 4.69) is 25.7 Å². The molecule has 3 N–H and O–H groups in total. The van der Waals surface area contributed by atoms with E-state index in [0.717, 1.165) is 12.1 Å². The summed E-state index contributed by atoms with van der Waals surface area (Å²) in [6.07, 6.45) is -4.51. The second-order valence-corrected chi connectivity index (χ2v) is 6.60. The van der Waals surface area contributed by atoms with Gasteiger partial charge in [-0.05, 0) is 49.2 Å². The fraction of sp³-hybridized carbons (Fsp3) is 0.211.